The van der Waals surface area contributed by atoms with Gasteiger partial charge in [0.15, 0.2) is 0 Å². The summed E-state index contributed by atoms with van der Waals surface area (Å²) in [6, 6.07) is 0.407. The lowest BCUT2D eigenvalue weighted by atomic mass is 9.94. The van der Waals surface area contributed by atoms with Crippen molar-refractivity contribution >= 4 is 5.78 Å². The summed E-state index contributed by atoms with van der Waals surface area (Å²) in [7, 11) is 0. The van der Waals surface area contributed by atoms with Crippen LogP contribution in [0.1, 0.15) is 20.3 Å². The number of hydrogen-bond donors (Lipinski definition) is 1. The number of terminal acetylenes is 1. The van der Waals surface area contributed by atoms with Crippen LogP contribution in [-0.4, -0.2) is 24.9 Å². The zero-order valence-electron chi connectivity index (χ0n) is 7.76. The number of likely N-dealkylation sites (tertiary alicyclic amines) is 1. The number of carbonyl (C=O) groups excluding carboxylic acids is 1. The maximum atomic E-state index is 11.3. The van der Waals surface area contributed by atoms with E-state index in [1.165, 1.54) is 4.90 Å². The molecular weight excluding hydrogens is 150 g/mol. The second-order valence-electron chi connectivity index (χ2n) is 3.72. The van der Waals surface area contributed by atoms with Crippen molar-refractivity contribution in [2.75, 3.05) is 13.1 Å². The maximum Gasteiger partial charge on any atom is 0.147 e. The number of Topliss-reactive ketones (excluding diaryl/α,β-unsaturated/α-hetero) is 1. The first-order chi connectivity index (χ1) is 5.65. The smallest absolute Gasteiger partial charge is 0.147 e. The van der Waals surface area contributed by atoms with Gasteiger partial charge < -0.3 is 4.90 Å². The summed E-state index contributed by atoms with van der Waals surface area (Å²) in [5.74, 6) is 3.25. The number of ketones is 1. The molecule has 2 nitrogen and oxygen atoms in total. The van der Waals surface area contributed by atoms with Crippen LogP contribution in [0.4, 0.5) is 0 Å². The fraction of sp³-hybridized carbons (Fsp3) is 0.700. The van der Waals surface area contributed by atoms with E-state index in [1.54, 1.807) is 0 Å². The van der Waals surface area contributed by atoms with E-state index in [2.05, 4.69) is 12.8 Å². The van der Waals surface area contributed by atoms with Crippen molar-refractivity contribution < 1.29 is 9.69 Å². The van der Waals surface area contributed by atoms with Crippen molar-refractivity contribution in [1.82, 2.24) is 0 Å². The summed E-state index contributed by atoms with van der Waals surface area (Å²) >= 11 is 0. The Morgan fingerprint density at radius 3 is 2.92 bits per heavy atom. The third-order valence-corrected chi connectivity index (χ3v) is 2.65. The molecule has 0 saturated carbocycles. The summed E-state index contributed by atoms with van der Waals surface area (Å²) in [6.07, 6.45) is 5.94. The molecule has 0 bridgehead atoms. The van der Waals surface area contributed by atoms with Gasteiger partial charge in [-0.3, -0.25) is 4.79 Å². The molecule has 0 spiro atoms. The molecule has 1 saturated heterocycles. The molecule has 1 fully saturated rings. The zero-order chi connectivity index (χ0) is 9.14. The van der Waals surface area contributed by atoms with Gasteiger partial charge in [0.05, 0.1) is 24.9 Å². The molecule has 12 heavy (non-hydrogen) atoms. The van der Waals surface area contributed by atoms with E-state index in [1.807, 2.05) is 6.92 Å². The largest absolute Gasteiger partial charge is 0.322 e. The second kappa shape index (κ2) is 3.73. The van der Waals surface area contributed by atoms with Gasteiger partial charge in [0.25, 0.3) is 0 Å². The fourth-order valence-corrected chi connectivity index (χ4v) is 1.73. The van der Waals surface area contributed by atoms with Gasteiger partial charge in [0, 0.05) is 0 Å². The van der Waals surface area contributed by atoms with Crippen LogP contribution in [0, 0.1) is 18.3 Å². The molecule has 1 aliphatic rings. The lowest BCUT2D eigenvalue weighted by Crippen LogP contribution is -3.17. The third-order valence-electron chi connectivity index (χ3n) is 2.65. The SMILES string of the molecule is C#CC[NH+]1C[C@H](C)C(=O)C[C@@H]1C. The lowest BCUT2D eigenvalue weighted by Gasteiger charge is -2.31. The molecule has 0 aromatic heterocycles. The van der Waals surface area contributed by atoms with Gasteiger partial charge in [0.2, 0.25) is 0 Å². The van der Waals surface area contributed by atoms with Crippen LogP contribution in [0.5, 0.6) is 0 Å². The predicted octanol–water partition coefficient (Wildman–Crippen LogP) is -0.498. The second-order valence-corrected chi connectivity index (χ2v) is 3.72. The molecular formula is C10H16NO+. The Kier molecular flexibility index (Phi) is 2.88. The van der Waals surface area contributed by atoms with Gasteiger partial charge in [-0.05, 0) is 12.8 Å². The standard InChI is InChI=1S/C10H15NO/c1-4-5-11-7-8(2)10(12)6-9(11)3/h1,8-9H,5-7H2,2-3H3/p+1/t8-,9-/m0/s1. The van der Waals surface area contributed by atoms with E-state index in [-0.39, 0.29) is 5.92 Å². The highest BCUT2D eigenvalue weighted by Crippen LogP contribution is 2.04. The Bertz CT molecular complexity index is 216. The van der Waals surface area contributed by atoms with Crippen molar-refractivity contribution in [2.45, 2.75) is 26.3 Å². The van der Waals surface area contributed by atoms with E-state index in [0.29, 0.717) is 18.2 Å². The molecule has 0 amide bonds. The molecule has 1 rings (SSSR count). The lowest BCUT2D eigenvalue weighted by molar-refractivity contribution is -0.921. The first kappa shape index (κ1) is 9.28. The molecule has 3 atom stereocenters. The highest BCUT2D eigenvalue weighted by atomic mass is 16.1. The quantitative estimate of drug-likeness (QED) is 0.521. The van der Waals surface area contributed by atoms with Crippen molar-refractivity contribution in [2.24, 2.45) is 5.92 Å². The highest BCUT2D eigenvalue weighted by Gasteiger charge is 2.31. The van der Waals surface area contributed by atoms with Crippen LogP contribution < -0.4 is 4.90 Å². The van der Waals surface area contributed by atoms with Crippen molar-refractivity contribution in [3.05, 3.63) is 0 Å². The normalized spacial score (nSPS) is 36.1. The molecule has 0 aromatic rings. The Balaban J connectivity index is 2.56. The number of quaternary nitrogens is 1. The summed E-state index contributed by atoms with van der Waals surface area (Å²) in [5, 5.41) is 0. The van der Waals surface area contributed by atoms with Crippen LogP contribution in [0.2, 0.25) is 0 Å². The number of nitrogens with one attached hydrogen (secondary N) is 1. The van der Waals surface area contributed by atoms with Crippen LogP contribution in [-0.2, 0) is 4.79 Å². The topological polar surface area (TPSA) is 21.5 Å². The highest BCUT2D eigenvalue weighted by molar-refractivity contribution is 5.81. The number of rotatable bonds is 1. The Morgan fingerprint density at radius 1 is 1.67 bits per heavy atom. The fourth-order valence-electron chi connectivity index (χ4n) is 1.73. The van der Waals surface area contributed by atoms with Gasteiger partial charge >= 0.3 is 0 Å². The first-order valence-electron chi connectivity index (χ1n) is 4.46. The van der Waals surface area contributed by atoms with Gasteiger partial charge in [-0.25, -0.2) is 0 Å². The summed E-state index contributed by atoms with van der Waals surface area (Å²) < 4.78 is 0. The average molecular weight is 166 g/mol. The monoisotopic (exact) mass is 166 g/mol. The number of hydrogen-bond acceptors (Lipinski definition) is 1. The molecule has 66 valence electrons. The molecule has 2 heteroatoms. The Hall–Kier alpha value is -0.810. The maximum absolute atomic E-state index is 11.3. The van der Waals surface area contributed by atoms with Crippen molar-refractivity contribution in [3.8, 4) is 12.3 Å². The molecule has 0 aliphatic carbocycles. The van der Waals surface area contributed by atoms with Gasteiger partial charge in [-0.2, -0.15) is 0 Å². The Morgan fingerprint density at radius 2 is 2.33 bits per heavy atom. The Labute approximate surface area is 73.9 Å². The molecule has 1 N–H and O–H groups in total. The van der Waals surface area contributed by atoms with Crippen LogP contribution in [0.15, 0.2) is 0 Å². The minimum absolute atomic E-state index is 0.199. The van der Waals surface area contributed by atoms with E-state index in [9.17, 15) is 4.79 Å². The van der Waals surface area contributed by atoms with Gasteiger partial charge in [-0.15, -0.1) is 6.42 Å². The molecule has 0 aromatic carbocycles. The van der Waals surface area contributed by atoms with E-state index in [0.717, 1.165) is 13.1 Å². The summed E-state index contributed by atoms with van der Waals surface area (Å²) in [5.41, 5.74) is 0. The molecule has 1 unspecified atom stereocenters. The number of carbonyl (C=O) groups is 1. The first-order valence-corrected chi connectivity index (χ1v) is 4.46. The molecule has 1 heterocycles. The van der Waals surface area contributed by atoms with Crippen LogP contribution in [0.25, 0.3) is 0 Å². The zero-order valence-corrected chi connectivity index (χ0v) is 7.76. The summed E-state index contributed by atoms with van der Waals surface area (Å²) in [4.78, 5) is 12.7. The van der Waals surface area contributed by atoms with Crippen LogP contribution in [0.3, 0.4) is 0 Å². The van der Waals surface area contributed by atoms with Gasteiger partial charge in [-0.1, -0.05) is 6.92 Å². The van der Waals surface area contributed by atoms with E-state index < -0.39 is 0 Å². The van der Waals surface area contributed by atoms with Crippen LogP contribution >= 0.6 is 0 Å². The average Bonchev–Trinajstić information content (AvgIpc) is 2.01. The molecule has 0 radical (unpaired) electrons. The predicted molar refractivity (Wildman–Crippen MR) is 47.8 cm³/mol. The van der Waals surface area contributed by atoms with E-state index >= 15 is 0 Å². The third kappa shape index (κ3) is 1.86. The number of piperidine rings is 1. The van der Waals surface area contributed by atoms with Gasteiger partial charge in [0.1, 0.15) is 12.3 Å². The summed E-state index contributed by atoms with van der Waals surface area (Å²) in [6.45, 7) is 5.74. The minimum Gasteiger partial charge on any atom is -0.322 e. The van der Waals surface area contributed by atoms with Crippen molar-refractivity contribution in [3.63, 3.8) is 0 Å². The molecule has 1 aliphatic heterocycles. The van der Waals surface area contributed by atoms with E-state index in [4.69, 9.17) is 6.42 Å². The van der Waals surface area contributed by atoms with Crippen molar-refractivity contribution in [1.29, 1.82) is 0 Å². The minimum atomic E-state index is 0.199.